The Labute approximate surface area is 105 Å². The third-order valence-electron chi connectivity index (χ3n) is 2.40. The number of aliphatic hydroxyl groups excluding tert-OH is 1. The minimum atomic E-state index is -0.0407. The van der Waals surface area contributed by atoms with Crippen molar-refractivity contribution in [3.05, 3.63) is 41.6 Å². The zero-order chi connectivity index (χ0) is 13.0. The second-order valence-corrected chi connectivity index (χ2v) is 3.76. The first-order valence-electron chi connectivity index (χ1n) is 5.49. The van der Waals surface area contributed by atoms with E-state index >= 15 is 0 Å². The number of hydrogen-bond acceptors (Lipinski definition) is 5. The van der Waals surface area contributed by atoms with Gasteiger partial charge in [0, 0.05) is 6.07 Å². The van der Waals surface area contributed by atoms with E-state index in [1.807, 2.05) is 13.0 Å². The van der Waals surface area contributed by atoms with E-state index in [0.717, 1.165) is 11.3 Å². The van der Waals surface area contributed by atoms with E-state index in [1.54, 1.807) is 31.4 Å². The van der Waals surface area contributed by atoms with Gasteiger partial charge >= 0.3 is 0 Å². The molecule has 0 aliphatic carbocycles. The average molecular weight is 246 g/mol. The van der Waals surface area contributed by atoms with Crippen LogP contribution >= 0.6 is 0 Å². The van der Waals surface area contributed by atoms with E-state index in [0.29, 0.717) is 17.4 Å². The molecule has 0 radical (unpaired) electrons. The number of aromatic nitrogens is 2. The van der Waals surface area contributed by atoms with Crippen LogP contribution < -0.4 is 9.47 Å². The van der Waals surface area contributed by atoms with Crippen LogP contribution in [0.5, 0.6) is 17.4 Å². The highest BCUT2D eigenvalue weighted by atomic mass is 16.5. The Kier molecular flexibility index (Phi) is 3.74. The molecule has 0 unspecified atom stereocenters. The second kappa shape index (κ2) is 5.46. The Balaban J connectivity index is 2.25. The van der Waals surface area contributed by atoms with E-state index in [9.17, 15) is 0 Å². The molecule has 1 N–H and O–H groups in total. The van der Waals surface area contributed by atoms with Crippen LogP contribution in [0.25, 0.3) is 0 Å². The standard InChI is InChI=1S/C13H14N2O3/c1-9-3-6-13(15-14-9)18-11-5-4-10(8-16)7-12(11)17-2/h3-7,16H,8H2,1-2H3. The van der Waals surface area contributed by atoms with Gasteiger partial charge in [-0.3, -0.25) is 0 Å². The minimum Gasteiger partial charge on any atom is -0.493 e. The summed E-state index contributed by atoms with van der Waals surface area (Å²) in [6.45, 7) is 1.81. The molecule has 0 bridgehead atoms. The van der Waals surface area contributed by atoms with Gasteiger partial charge in [0.15, 0.2) is 11.5 Å². The highest BCUT2D eigenvalue weighted by molar-refractivity contribution is 5.44. The quantitative estimate of drug-likeness (QED) is 0.894. The summed E-state index contributed by atoms with van der Waals surface area (Å²) < 4.78 is 10.8. The fourth-order valence-corrected chi connectivity index (χ4v) is 1.45. The first-order chi connectivity index (χ1) is 8.72. The molecule has 0 atom stereocenters. The molecule has 0 fully saturated rings. The lowest BCUT2D eigenvalue weighted by Gasteiger charge is -2.10. The third-order valence-corrected chi connectivity index (χ3v) is 2.40. The van der Waals surface area contributed by atoms with Crippen LogP contribution in [0.4, 0.5) is 0 Å². The molecular weight excluding hydrogens is 232 g/mol. The molecule has 2 rings (SSSR count). The predicted molar refractivity (Wildman–Crippen MR) is 65.8 cm³/mol. The molecule has 0 aliphatic heterocycles. The number of aryl methyl sites for hydroxylation is 1. The molecular formula is C13H14N2O3. The molecule has 94 valence electrons. The number of ether oxygens (including phenoxy) is 2. The van der Waals surface area contributed by atoms with Crippen molar-refractivity contribution in [1.29, 1.82) is 0 Å². The van der Waals surface area contributed by atoms with Crippen LogP contribution in [-0.4, -0.2) is 22.4 Å². The Hall–Kier alpha value is -2.14. The van der Waals surface area contributed by atoms with Crippen LogP contribution in [0.3, 0.4) is 0 Å². The fourth-order valence-electron chi connectivity index (χ4n) is 1.45. The van der Waals surface area contributed by atoms with Gasteiger partial charge in [0.2, 0.25) is 5.88 Å². The number of rotatable bonds is 4. The second-order valence-electron chi connectivity index (χ2n) is 3.76. The van der Waals surface area contributed by atoms with Gasteiger partial charge in [0.1, 0.15) is 0 Å². The first kappa shape index (κ1) is 12.3. The van der Waals surface area contributed by atoms with Crippen molar-refractivity contribution < 1.29 is 14.6 Å². The molecule has 1 aromatic carbocycles. The fraction of sp³-hybridized carbons (Fsp3) is 0.231. The molecule has 1 heterocycles. The Bertz CT molecular complexity index is 526. The van der Waals surface area contributed by atoms with Gasteiger partial charge in [-0.15, -0.1) is 5.10 Å². The Morgan fingerprint density at radius 2 is 1.94 bits per heavy atom. The van der Waals surface area contributed by atoms with Gasteiger partial charge in [0.25, 0.3) is 0 Å². The molecule has 0 amide bonds. The van der Waals surface area contributed by atoms with Gasteiger partial charge < -0.3 is 14.6 Å². The van der Waals surface area contributed by atoms with Crippen molar-refractivity contribution in [2.75, 3.05) is 7.11 Å². The van der Waals surface area contributed by atoms with Gasteiger partial charge in [0.05, 0.1) is 19.4 Å². The van der Waals surface area contributed by atoms with E-state index in [2.05, 4.69) is 10.2 Å². The lowest BCUT2D eigenvalue weighted by molar-refractivity contribution is 0.280. The third kappa shape index (κ3) is 2.75. The van der Waals surface area contributed by atoms with Gasteiger partial charge in [-0.1, -0.05) is 6.07 Å². The first-order valence-corrected chi connectivity index (χ1v) is 5.49. The number of methoxy groups -OCH3 is 1. The van der Waals surface area contributed by atoms with Crippen LogP contribution in [0.15, 0.2) is 30.3 Å². The van der Waals surface area contributed by atoms with E-state index in [1.165, 1.54) is 0 Å². The molecule has 5 nitrogen and oxygen atoms in total. The number of nitrogens with zero attached hydrogens (tertiary/aromatic N) is 2. The molecule has 1 aromatic heterocycles. The van der Waals surface area contributed by atoms with Crippen molar-refractivity contribution in [2.45, 2.75) is 13.5 Å². The molecule has 0 saturated carbocycles. The minimum absolute atomic E-state index is 0.0407. The van der Waals surface area contributed by atoms with Crippen LogP contribution in [0.2, 0.25) is 0 Å². The summed E-state index contributed by atoms with van der Waals surface area (Å²) in [4.78, 5) is 0. The van der Waals surface area contributed by atoms with Crippen molar-refractivity contribution >= 4 is 0 Å². The summed E-state index contributed by atoms with van der Waals surface area (Å²) in [6, 6.07) is 8.76. The normalized spacial score (nSPS) is 10.2. The molecule has 2 aromatic rings. The predicted octanol–water partition coefficient (Wildman–Crippen LogP) is 2.08. The Morgan fingerprint density at radius 1 is 1.11 bits per heavy atom. The van der Waals surface area contributed by atoms with E-state index in [-0.39, 0.29) is 6.61 Å². The van der Waals surface area contributed by atoms with E-state index in [4.69, 9.17) is 14.6 Å². The molecule has 0 saturated heterocycles. The van der Waals surface area contributed by atoms with Crippen molar-refractivity contribution in [2.24, 2.45) is 0 Å². The highest BCUT2D eigenvalue weighted by Crippen LogP contribution is 2.31. The SMILES string of the molecule is COc1cc(CO)ccc1Oc1ccc(C)nn1. The van der Waals surface area contributed by atoms with Crippen molar-refractivity contribution in [1.82, 2.24) is 10.2 Å². The number of benzene rings is 1. The summed E-state index contributed by atoms with van der Waals surface area (Å²) in [5.41, 5.74) is 1.58. The lowest BCUT2D eigenvalue weighted by atomic mass is 10.2. The largest absolute Gasteiger partial charge is 0.493 e. The highest BCUT2D eigenvalue weighted by Gasteiger charge is 2.07. The molecule has 0 spiro atoms. The summed E-state index contributed by atoms with van der Waals surface area (Å²) >= 11 is 0. The number of hydrogen-bond donors (Lipinski definition) is 1. The maximum atomic E-state index is 9.05. The van der Waals surface area contributed by atoms with Gasteiger partial charge in [-0.25, -0.2) is 0 Å². The van der Waals surface area contributed by atoms with E-state index < -0.39 is 0 Å². The monoisotopic (exact) mass is 246 g/mol. The molecule has 18 heavy (non-hydrogen) atoms. The lowest BCUT2D eigenvalue weighted by Crippen LogP contribution is -1.95. The summed E-state index contributed by atoms with van der Waals surface area (Å²) in [7, 11) is 1.55. The molecule has 0 aliphatic rings. The average Bonchev–Trinajstić information content (AvgIpc) is 2.41. The number of aliphatic hydroxyl groups is 1. The topological polar surface area (TPSA) is 64.5 Å². The van der Waals surface area contributed by atoms with Gasteiger partial charge in [-0.05, 0) is 30.7 Å². The Morgan fingerprint density at radius 3 is 2.56 bits per heavy atom. The summed E-state index contributed by atoms with van der Waals surface area (Å²) in [5.74, 6) is 1.48. The smallest absolute Gasteiger partial charge is 0.239 e. The van der Waals surface area contributed by atoms with Crippen LogP contribution in [0.1, 0.15) is 11.3 Å². The zero-order valence-corrected chi connectivity index (χ0v) is 10.3. The molecule has 5 heteroatoms. The summed E-state index contributed by atoms with van der Waals surface area (Å²) in [6.07, 6.45) is 0. The maximum absolute atomic E-state index is 9.05. The zero-order valence-electron chi connectivity index (χ0n) is 10.3. The van der Waals surface area contributed by atoms with Crippen LogP contribution in [0, 0.1) is 6.92 Å². The van der Waals surface area contributed by atoms with Crippen LogP contribution in [-0.2, 0) is 6.61 Å². The maximum Gasteiger partial charge on any atom is 0.239 e. The summed E-state index contributed by atoms with van der Waals surface area (Å²) in [5, 5.41) is 16.9. The van der Waals surface area contributed by atoms with Crippen molar-refractivity contribution in [3.8, 4) is 17.4 Å². The van der Waals surface area contributed by atoms with Gasteiger partial charge in [-0.2, -0.15) is 5.10 Å². The van der Waals surface area contributed by atoms with Crippen molar-refractivity contribution in [3.63, 3.8) is 0 Å².